The van der Waals surface area contributed by atoms with E-state index in [1.165, 1.54) is 0 Å². The second kappa shape index (κ2) is 4.96. The van der Waals surface area contributed by atoms with E-state index in [1.807, 2.05) is 6.92 Å². The SMILES string of the molecule is CCCC(C)Oc1nc(NN)nc2[nH]ncc12. The molecule has 2 heterocycles. The maximum atomic E-state index is 5.76. The molecule has 0 fully saturated rings. The van der Waals surface area contributed by atoms with Crippen LogP contribution >= 0.6 is 0 Å². The van der Waals surface area contributed by atoms with E-state index in [4.69, 9.17) is 10.6 Å². The van der Waals surface area contributed by atoms with Gasteiger partial charge in [0.1, 0.15) is 5.39 Å². The van der Waals surface area contributed by atoms with Gasteiger partial charge in [-0.25, -0.2) is 5.84 Å². The molecule has 0 aromatic carbocycles. The number of nitrogens with one attached hydrogen (secondary N) is 2. The summed E-state index contributed by atoms with van der Waals surface area (Å²) in [7, 11) is 0. The van der Waals surface area contributed by atoms with Crippen LogP contribution in [0.15, 0.2) is 6.20 Å². The second-order valence-electron chi connectivity index (χ2n) is 3.85. The van der Waals surface area contributed by atoms with E-state index in [2.05, 4.69) is 32.5 Å². The predicted molar refractivity (Wildman–Crippen MR) is 64.5 cm³/mol. The third kappa shape index (κ3) is 2.44. The Bertz CT molecular complexity index is 497. The quantitative estimate of drug-likeness (QED) is 0.532. The van der Waals surface area contributed by atoms with Crippen LogP contribution in [0.5, 0.6) is 5.88 Å². The van der Waals surface area contributed by atoms with E-state index < -0.39 is 0 Å². The van der Waals surface area contributed by atoms with Gasteiger partial charge in [0, 0.05) is 0 Å². The van der Waals surface area contributed by atoms with Gasteiger partial charge in [0.15, 0.2) is 5.65 Å². The minimum Gasteiger partial charge on any atom is -0.474 e. The van der Waals surface area contributed by atoms with Crippen molar-refractivity contribution in [1.82, 2.24) is 20.2 Å². The second-order valence-corrected chi connectivity index (χ2v) is 3.85. The molecule has 0 bridgehead atoms. The smallest absolute Gasteiger partial charge is 0.242 e. The molecule has 0 saturated heterocycles. The van der Waals surface area contributed by atoms with Gasteiger partial charge in [-0.3, -0.25) is 10.5 Å². The number of nitrogen functional groups attached to an aromatic ring is 1. The summed E-state index contributed by atoms with van der Waals surface area (Å²) in [5.74, 6) is 6.11. The summed E-state index contributed by atoms with van der Waals surface area (Å²) >= 11 is 0. The summed E-state index contributed by atoms with van der Waals surface area (Å²) in [6.07, 6.45) is 3.76. The van der Waals surface area contributed by atoms with Gasteiger partial charge in [-0.1, -0.05) is 13.3 Å². The molecule has 1 atom stereocenters. The van der Waals surface area contributed by atoms with Gasteiger partial charge in [0.2, 0.25) is 11.8 Å². The Hall–Kier alpha value is -1.89. The Morgan fingerprint density at radius 1 is 1.53 bits per heavy atom. The molecule has 4 N–H and O–H groups in total. The van der Waals surface area contributed by atoms with Gasteiger partial charge >= 0.3 is 0 Å². The summed E-state index contributed by atoms with van der Waals surface area (Å²) in [6.45, 7) is 4.12. The van der Waals surface area contributed by atoms with Gasteiger partial charge in [0.05, 0.1) is 12.3 Å². The normalized spacial score (nSPS) is 12.6. The van der Waals surface area contributed by atoms with Crippen LogP contribution in [0.25, 0.3) is 11.0 Å². The minimum absolute atomic E-state index is 0.0959. The highest BCUT2D eigenvalue weighted by molar-refractivity contribution is 5.80. The van der Waals surface area contributed by atoms with Crippen molar-refractivity contribution in [3.8, 4) is 5.88 Å². The molecule has 0 aliphatic carbocycles. The first-order valence-corrected chi connectivity index (χ1v) is 5.59. The summed E-state index contributed by atoms with van der Waals surface area (Å²) in [5, 5.41) is 7.43. The van der Waals surface area contributed by atoms with Gasteiger partial charge in [-0.15, -0.1) is 0 Å². The molecule has 0 spiro atoms. The van der Waals surface area contributed by atoms with Crippen molar-refractivity contribution in [2.45, 2.75) is 32.8 Å². The molecule has 1 unspecified atom stereocenters. The molecule has 0 aliphatic rings. The maximum absolute atomic E-state index is 5.76. The first-order chi connectivity index (χ1) is 8.24. The first-order valence-electron chi connectivity index (χ1n) is 5.59. The summed E-state index contributed by atoms with van der Waals surface area (Å²) < 4.78 is 5.76. The zero-order valence-corrected chi connectivity index (χ0v) is 9.90. The van der Waals surface area contributed by atoms with E-state index >= 15 is 0 Å². The van der Waals surface area contributed by atoms with Crippen molar-refractivity contribution in [2.75, 3.05) is 5.43 Å². The Balaban J connectivity index is 2.33. The molecule has 0 saturated carbocycles. The van der Waals surface area contributed by atoms with Crippen molar-refractivity contribution in [1.29, 1.82) is 0 Å². The monoisotopic (exact) mass is 236 g/mol. The van der Waals surface area contributed by atoms with E-state index in [0.29, 0.717) is 17.5 Å². The lowest BCUT2D eigenvalue weighted by molar-refractivity contribution is 0.204. The molecular formula is C10H16N6O. The number of nitrogens with zero attached hydrogens (tertiary/aromatic N) is 3. The number of hydrogen-bond donors (Lipinski definition) is 3. The number of hydrazine groups is 1. The van der Waals surface area contributed by atoms with Crippen LogP contribution in [0.3, 0.4) is 0 Å². The molecule has 17 heavy (non-hydrogen) atoms. The maximum Gasteiger partial charge on any atom is 0.242 e. The van der Waals surface area contributed by atoms with Gasteiger partial charge in [-0.05, 0) is 13.3 Å². The number of nitrogens with two attached hydrogens (primary N) is 1. The third-order valence-corrected chi connectivity index (χ3v) is 2.41. The van der Waals surface area contributed by atoms with Crippen molar-refractivity contribution < 1.29 is 4.74 Å². The van der Waals surface area contributed by atoms with E-state index in [-0.39, 0.29) is 6.10 Å². The van der Waals surface area contributed by atoms with Gasteiger partial charge in [-0.2, -0.15) is 15.1 Å². The van der Waals surface area contributed by atoms with Crippen molar-refractivity contribution in [3.63, 3.8) is 0 Å². The topological polar surface area (TPSA) is 102 Å². The van der Waals surface area contributed by atoms with Crippen molar-refractivity contribution in [2.24, 2.45) is 5.84 Å². The first kappa shape index (κ1) is 11.6. The third-order valence-electron chi connectivity index (χ3n) is 2.41. The van der Waals surface area contributed by atoms with Gasteiger partial charge in [0.25, 0.3) is 0 Å². The number of ether oxygens (including phenoxy) is 1. The Morgan fingerprint density at radius 2 is 2.35 bits per heavy atom. The molecule has 92 valence electrons. The lowest BCUT2D eigenvalue weighted by Gasteiger charge is -2.13. The number of fused-ring (bicyclic) bond motifs is 1. The van der Waals surface area contributed by atoms with Crippen molar-refractivity contribution in [3.05, 3.63) is 6.20 Å². The molecule has 2 aromatic heterocycles. The Morgan fingerprint density at radius 3 is 3.06 bits per heavy atom. The fourth-order valence-corrected chi connectivity index (χ4v) is 1.62. The van der Waals surface area contributed by atoms with Crippen LogP contribution in [0.1, 0.15) is 26.7 Å². The number of hydrogen-bond acceptors (Lipinski definition) is 6. The number of aromatic amines is 1. The number of aromatic nitrogens is 4. The Labute approximate surface area is 98.7 Å². The number of anilines is 1. The number of H-pyrrole nitrogens is 1. The molecule has 0 amide bonds. The highest BCUT2D eigenvalue weighted by Crippen LogP contribution is 2.23. The van der Waals surface area contributed by atoms with E-state index in [9.17, 15) is 0 Å². The van der Waals surface area contributed by atoms with Crippen LogP contribution < -0.4 is 16.0 Å². The molecule has 0 aliphatic heterocycles. The molecule has 0 radical (unpaired) electrons. The minimum atomic E-state index is 0.0959. The van der Waals surface area contributed by atoms with E-state index in [0.717, 1.165) is 18.2 Å². The average molecular weight is 236 g/mol. The average Bonchev–Trinajstić information content (AvgIpc) is 2.77. The zero-order valence-electron chi connectivity index (χ0n) is 9.90. The zero-order chi connectivity index (χ0) is 12.3. The number of rotatable bonds is 5. The summed E-state index contributed by atoms with van der Waals surface area (Å²) in [6, 6.07) is 0. The highest BCUT2D eigenvalue weighted by Gasteiger charge is 2.12. The van der Waals surface area contributed by atoms with Crippen LogP contribution in [-0.2, 0) is 0 Å². The van der Waals surface area contributed by atoms with Crippen molar-refractivity contribution >= 4 is 17.0 Å². The van der Waals surface area contributed by atoms with Crippen LogP contribution in [0, 0.1) is 0 Å². The van der Waals surface area contributed by atoms with Crippen LogP contribution in [0.4, 0.5) is 5.95 Å². The predicted octanol–water partition coefficient (Wildman–Crippen LogP) is 1.21. The largest absolute Gasteiger partial charge is 0.474 e. The van der Waals surface area contributed by atoms with E-state index in [1.54, 1.807) is 6.20 Å². The Kier molecular flexibility index (Phi) is 3.38. The summed E-state index contributed by atoms with van der Waals surface area (Å²) in [4.78, 5) is 8.31. The fraction of sp³-hybridized carbons (Fsp3) is 0.500. The lowest BCUT2D eigenvalue weighted by atomic mass is 10.2. The standard InChI is InChI=1S/C10H16N6O/c1-3-4-6(2)17-9-7-5-12-16-8(7)13-10(14-9)15-11/h5-6H,3-4,11H2,1-2H3,(H2,12,13,14,15,16). The molecule has 7 nitrogen and oxygen atoms in total. The van der Waals surface area contributed by atoms with Crippen LogP contribution in [0.2, 0.25) is 0 Å². The molecule has 2 aromatic rings. The molecule has 2 rings (SSSR count). The van der Waals surface area contributed by atoms with Crippen LogP contribution in [-0.4, -0.2) is 26.3 Å². The molecular weight excluding hydrogens is 220 g/mol. The lowest BCUT2D eigenvalue weighted by Crippen LogP contribution is -2.15. The summed E-state index contributed by atoms with van der Waals surface area (Å²) in [5.41, 5.74) is 3.01. The molecule has 7 heteroatoms. The van der Waals surface area contributed by atoms with Gasteiger partial charge < -0.3 is 4.74 Å². The highest BCUT2D eigenvalue weighted by atomic mass is 16.5. The fourth-order valence-electron chi connectivity index (χ4n) is 1.62.